The second-order valence-electron chi connectivity index (χ2n) is 6.98. The number of aromatic nitrogens is 2. The van der Waals surface area contributed by atoms with E-state index in [1.165, 1.54) is 43.2 Å². The number of hydrogen-bond acceptors (Lipinski definition) is 2. The van der Waals surface area contributed by atoms with Gasteiger partial charge in [0.25, 0.3) is 0 Å². The average molecular weight is 314 g/mol. The normalized spacial score (nSPS) is 16.1. The zero-order valence-electron chi connectivity index (χ0n) is 14.1. The third kappa shape index (κ3) is 3.57. The number of carboxylic acid groups (broad SMARTS) is 1. The maximum Gasteiger partial charge on any atom is 0.323 e. The van der Waals surface area contributed by atoms with Gasteiger partial charge >= 0.3 is 5.97 Å². The van der Waals surface area contributed by atoms with E-state index in [0.717, 1.165) is 35.6 Å². The highest BCUT2D eigenvalue weighted by Gasteiger charge is 2.18. The molecule has 0 atom stereocenters. The first kappa shape index (κ1) is 16.0. The summed E-state index contributed by atoms with van der Waals surface area (Å²) in [4.78, 5) is 16.0. The van der Waals surface area contributed by atoms with E-state index in [0.29, 0.717) is 0 Å². The van der Waals surface area contributed by atoms with Crippen LogP contribution in [0.1, 0.15) is 55.5 Å². The highest BCUT2D eigenvalue weighted by atomic mass is 16.4. The summed E-state index contributed by atoms with van der Waals surface area (Å²) in [7, 11) is 0. The van der Waals surface area contributed by atoms with E-state index in [1.54, 1.807) is 0 Å². The first-order chi connectivity index (χ1) is 11.0. The van der Waals surface area contributed by atoms with E-state index in [2.05, 4.69) is 26.0 Å². The standard InChI is InChI=1S/C19H26N2O2/c1-13-10-16-17(11-14(13)2)21(12-19(22)23)18(20-16)9-8-15-6-4-3-5-7-15/h10-11,15H,3-9,12H2,1-2H3,(H,22,23). The average Bonchev–Trinajstić information content (AvgIpc) is 2.83. The quantitative estimate of drug-likeness (QED) is 0.897. The van der Waals surface area contributed by atoms with E-state index < -0.39 is 5.97 Å². The van der Waals surface area contributed by atoms with Gasteiger partial charge in [-0.1, -0.05) is 32.1 Å². The predicted molar refractivity (Wildman–Crippen MR) is 91.7 cm³/mol. The van der Waals surface area contributed by atoms with Crippen LogP contribution in [0.15, 0.2) is 12.1 Å². The lowest BCUT2D eigenvalue weighted by Gasteiger charge is -2.21. The van der Waals surface area contributed by atoms with Crippen LogP contribution in [0.3, 0.4) is 0 Å². The molecule has 1 fully saturated rings. The molecule has 1 aromatic carbocycles. The highest BCUT2D eigenvalue weighted by Crippen LogP contribution is 2.28. The largest absolute Gasteiger partial charge is 0.480 e. The molecule has 0 aliphatic heterocycles. The fourth-order valence-electron chi connectivity index (χ4n) is 3.74. The lowest BCUT2D eigenvalue weighted by molar-refractivity contribution is -0.137. The van der Waals surface area contributed by atoms with Crippen molar-refractivity contribution in [2.45, 2.75) is 65.3 Å². The number of fused-ring (bicyclic) bond motifs is 1. The zero-order valence-corrected chi connectivity index (χ0v) is 14.1. The van der Waals surface area contributed by atoms with Crippen molar-refractivity contribution in [3.63, 3.8) is 0 Å². The van der Waals surface area contributed by atoms with Crippen molar-refractivity contribution >= 4 is 17.0 Å². The molecule has 1 saturated carbocycles. The van der Waals surface area contributed by atoms with Crippen LogP contribution >= 0.6 is 0 Å². The number of hydrogen-bond donors (Lipinski definition) is 1. The molecule has 0 spiro atoms. The van der Waals surface area contributed by atoms with Crippen LogP contribution in [0.2, 0.25) is 0 Å². The molecule has 4 nitrogen and oxygen atoms in total. The smallest absolute Gasteiger partial charge is 0.323 e. The molecule has 1 aliphatic carbocycles. The Labute approximate surface area is 137 Å². The molecule has 0 amide bonds. The summed E-state index contributed by atoms with van der Waals surface area (Å²) in [5.41, 5.74) is 4.27. The number of nitrogens with zero attached hydrogens (tertiary/aromatic N) is 2. The van der Waals surface area contributed by atoms with Crippen LogP contribution in [-0.2, 0) is 17.8 Å². The van der Waals surface area contributed by atoms with E-state index in [4.69, 9.17) is 4.98 Å². The maximum absolute atomic E-state index is 11.3. The summed E-state index contributed by atoms with van der Waals surface area (Å²) in [5.74, 6) is 0.907. The van der Waals surface area contributed by atoms with Crippen molar-refractivity contribution in [2.24, 2.45) is 5.92 Å². The van der Waals surface area contributed by atoms with Gasteiger partial charge in [0, 0.05) is 6.42 Å². The second-order valence-corrected chi connectivity index (χ2v) is 6.98. The Bertz CT molecular complexity index is 712. The number of benzene rings is 1. The predicted octanol–water partition coefficient (Wildman–Crippen LogP) is 4.25. The van der Waals surface area contributed by atoms with Gasteiger partial charge in [-0.25, -0.2) is 4.98 Å². The molecule has 0 unspecified atom stereocenters. The Morgan fingerprint density at radius 2 is 1.91 bits per heavy atom. The minimum absolute atomic E-state index is 0.000991. The molecule has 4 heteroatoms. The van der Waals surface area contributed by atoms with Crippen LogP contribution in [0.5, 0.6) is 0 Å². The molecule has 3 rings (SSSR count). The fraction of sp³-hybridized carbons (Fsp3) is 0.579. The van der Waals surface area contributed by atoms with E-state index in [1.807, 2.05) is 4.57 Å². The van der Waals surface area contributed by atoms with E-state index in [-0.39, 0.29) is 6.54 Å². The summed E-state index contributed by atoms with van der Waals surface area (Å²) < 4.78 is 1.90. The maximum atomic E-state index is 11.3. The molecular formula is C19H26N2O2. The molecule has 1 aromatic heterocycles. The lowest BCUT2D eigenvalue weighted by atomic mass is 9.86. The van der Waals surface area contributed by atoms with Crippen molar-refractivity contribution < 1.29 is 9.90 Å². The molecule has 23 heavy (non-hydrogen) atoms. The van der Waals surface area contributed by atoms with Crippen molar-refractivity contribution in [2.75, 3.05) is 0 Å². The number of imidazole rings is 1. The van der Waals surface area contributed by atoms with Gasteiger partial charge in [0.05, 0.1) is 11.0 Å². The number of carboxylic acids is 1. The fourth-order valence-corrected chi connectivity index (χ4v) is 3.74. The summed E-state index contributed by atoms with van der Waals surface area (Å²) in [5, 5.41) is 9.26. The third-order valence-electron chi connectivity index (χ3n) is 5.24. The SMILES string of the molecule is Cc1cc2nc(CCC3CCCCC3)n(CC(=O)O)c2cc1C. The molecule has 0 bridgehead atoms. The van der Waals surface area contributed by atoms with Crippen LogP contribution in [-0.4, -0.2) is 20.6 Å². The van der Waals surface area contributed by atoms with Crippen molar-refractivity contribution in [1.29, 1.82) is 0 Å². The Morgan fingerprint density at radius 3 is 2.61 bits per heavy atom. The molecule has 1 heterocycles. The summed E-state index contributed by atoms with van der Waals surface area (Å²) in [6.07, 6.45) is 8.69. The Morgan fingerprint density at radius 1 is 1.22 bits per heavy atom. The van der Waals surface area contributed by atoms with Gasteiger partial charge in [-0.05, 0) is 49.4 Å². The van der Waals surface area contributed by atoms with Gasteiger partial charge in [0.15, 0.2) is 0 Å². The highest BCUT2D eigenvalue weighted by molar-refractivity contribution is 5.80. The lowest BCUT2D eigenvalue weighted by Crippen LogP contribution is -2.14. The topological polar surface area (TPSA) is 55.1 Å². The van der Waals surface area contributed by atoms with Gasteiger partial charge < -0.3 is 9.67 Å². The van der Waals surface area contributed by atoms with Gasteiger partial charge in [-0.2, -0.15) is 0 Å². The van der Waals surface area contributed by atoms with Gasteiger partial charge in [0.2, 0.25) is 0 Å². The van der Waals surface area contributed by atoms with Gasteiger partial charge in [-0.15, -0.1) is 0 Å². The van der Waals surface area contributed by atoms with Crippen molar-refractivity contribution in [3.8, 4) is 0 Å². The minimum atomic E-state index is -0.804. The van der Waals surface area contributed by atoms with Crippen molar-refractivity contribution in [1.82, 2.24) is 9.55 Å². The van der Waals surface area contributed by atoms with Crippen LogP contribution in [0, 0.1) is 19.8 Å². The summed E-state index contributed by atoms with van der Waals surface area (Å²) >= 11 is 0. The summed E-state index contributed by atoms with van der Waals surface area (Å²) in [6.45, 7) is 4.14. The third-order valence-corrected chi connectivity index (χ3v) is 5.24. The monoisotopic (exact) mass is 314 g/mol. The Kier molecular flexibility index (Phi) is 4.69. The van der Waals surface area contributed by atoms with Gasteiger partial charge in [-0.3, -0.25) is 4.79 Å². The number of aliphatic carboxylic acids is 1. The van der Waals surface area contributed by atoms with Crippen LogP contribution in [0.25, 0.3) is 11.0 Å². The molecular weight excluding hydrogens is 288 g/mol. The second kappa shape index (κ2) is 6.73. The first-order valence-corrected chi connectivity index (χ1v) is 8.72. The molecule has 124 valence electrons. The van der Waals surface area contributed by atoms with Crippen LogP contribution in [0.4, 0.5) is 0 Å². The van der Waals surface area contributed by atoms with Crippen LogP contribution < -0.4 is 0 Å². The Hall–Kier alpha value is -1.84. The molecule has 1 N–H and O–H groups in total. The number of rotatable bonds is 5. The molecule has 0 radical (unpaired) electrons. The van der Waals surface area contributed by atoms with Crippen molar-refractivity contribution in [3.05, 3.63) is 29.1 Å². The Balaban J connectivity index is 1.89. The number of carbonyl (C=O) groups is 1. The number of aryl methyl sites for hydroxylation is 3. The molecule has 0 saturated heterocycles. The first-order valence-electron chi connectivity index (χ1n) is 8.72. The molecule has 1 aliphatic rings. The molecule has 2 aromatic rings. The van der Waals surface area contributed by atoms with Gasteiger partial charge in [0.1, 0.15) is 12.4 Å². The zero-order chi connectivity index (χ0) is 16.4. The van der Waals surface area contributed by atoms with E-state index >= 15 is 0 Å². The minimum Gasteiger partial charge on any atom is -0.480 e. The summed E-state index contributed by atoms with van der Waals surface area (Å²) in [6, 6.07) is 4.15. The van der Waals surface area contributed by atoms with E-state index in [9.17, 15) is 9.90 Å².